The van der Waals surface area contributed by atoms with E-state index in [1.165, 1.54) is 6.08 Å². The predicted octanol–water partition coefficient (Wildman–Crippen LogP) is 1.42. The van der Waals surface area contributed by atoms with Crippen LogP contribution >= 0.6 is 0 Å². The Hall–Kier alpha value is -4.51. The number of hydrogen-bond donors (Lipinski definition) is 12. The Balaban J connectivity index is 0.890. The van der Waals surface area contributed by atoms with Crippen molar-refractivity contribution in [2.24, 2.45) is 62.1 Å². The standard InChI is InChI=1S/C72H104O28/c1-32-11-13-36(14-12-32)15-18-48(80)96-55-34(3)91-64(60(58(55)92-35(4)75)93-42-25-33(2)49(81)52(84)51(42)83)100-66(89)72-24-23-67(5,6)27-38(72)37-16-17-45-68(7)21-20-47(69(8,31-74)44(68)19-22-70(45,9)71(37,10)28-46(72)79)95-65-59(99-62-40(77)26-39(76)43(29-73)94-62)56(54(86)57(98-65)61(87)88)97-63-53(85)50(82)41(78)30-90-63/h11-18,31,33-34,37-47,49-60,62-65,73,76-79,81-86H,19-30H2,1-10H3,(H,87,88)/b18-15+/t33?,34?,37?,38-,39?,40?,41?,42?,43?,44+,45+,46+,47-,49?,50?,51?,52?,53?,54?,55?,56?,57?,58?,59?,60?,62?,63?,64?,65?,68-,69-,70+,71+,72+/m0/s1. The molecule has 28 heteroatoms. The van der Waals surface area contributed by atoms with Crippen LogP contribution in [-0.2, 0) is 76.1 Å². The summed E-state index contributed by atoms with van der Waals surface area (Å²) in [6.45, 7) is 17.5. The zero-order valence-electron chi connectivity index (χ0n) is 58.3. The molecule has 1 aromatic rings. The minimum atomic E-state index is -2.14. The highest BCUT2D eigenvalue weighted by Crippen LogP contribution is 2.76. The molecule has 0 amide bonds. The summed E-state index contributed by atoms with van der Waals surface area (Å²) >= 11 is 0. The number of esters is 3. The number of aldehydes is 1. The molecule has 9 fully saturated rings. The molecule has 100 heavy (non-hydrogen) atoms. The fourth-order valence-corrected chi connectivity index (χ4v) is 19.5. The van der Waals surface area contributed by atoms with Gasteiger partial charge in [-0.3, -0.25) is 9.59 Å². The number of ether oxygens (including phenoxy) is 11. The molecule has 11 rings (SSSR count). The number of aryl methyl sites for hydroxylation is 1. The lowest BCUT2D eigenvalue weighted by atomic mass is 9.32. The van der Waals surface area contributed by atoms with Gasteiger partial charge in [-0.25, -0.2) is 9.59 Å². The van der Waals surface area contributed by atoms with Crippen molar-refractivity contribution >= 4 is 36.2 Å². The molecule has 24 unspecified atom stereocenters. The normalized spacial score (nSPS) is 49.2. The van der Waals surface area contributed by atoms with E-state index in [1.54, 1.807) is 26.8 Å². The molecular weight excluding hydrogens is 1310 g/mol. The van der Waals surface area contributed by atoms with Crippen molar-refractivity contribution < 1.29 is 137 Å². The fourth-order valence-electron chi connectivity index (χ4n) is 19.5. The number of aliphatic hydroxyl groups is 11. The summed E-state index contributed by atoms with van der Waals surface area (Å²) in [6, 6.07) is 7.37. The second kappa shape index (κ2) is 29.1. The van der Waals surface area contributed by atoms with E-state index in [9.17, 15) is 80.5 Å². The summed E-state index contributed by atoms with van der Waals surface area (Å²) in [6.07, 6.45) is -28.5. The zero-order valence-corrected chi connectivity index (χ0v) is 58.3. The lowest BCUT2D eigenvalue weighted by Crippen LogP contribution is -2.70. The van der Waals surface area contributed by atoms with Gasteiger partial charge in [0.2, 0.25) is 6.29 Å². The highest BCUT2D eigenvalue weighted by molar-refractivity contribution is 5.87. The fraction of sp³-hybridized carbons (Fsp3) is 0.792. The number of carboxylic acid groups (broad SMARTS) is 1. The van der Waals surface area contributed by atoms with Crippen LogP contribution in [-0.4, -0.2) is 252 Å². The maximum Gasteiger partial charge on any atom is 0.335 e. The van der Waals surface area contributed by atoms with E-state index in [0.29, 0.717) is 37.7 Å². The average Bonchev–Trinajstić information content (AvgIpc) is 0.671. The van der Waals surface area contributed by atoms with Crippen molar-refractivity contribution in [2.75, 3.05) is 13.2 Å². The van der Waals surface area contributed by atoms with Gasteiger partial charge in [0.25, 0.3) is 0 Å². The highest BCUT2D eigenvalue weighted by Gasteiger charge is 2.74. The first kappa shape index (κ1) is 76.6. The number of carboxylic acids is 1. The number of rotatable bonds is 17. The molecule has 5 saturated carbocycles. The van der Waals surface area contributed by atoms with Crippen molar-refractivity contribution in [1.29, 1.82) is 0 Å². The molecule has 0 aromatic heterocycles. The van der Waals surface area contributed by atoms with E-state index in [-0.39, 0.29) is 49.4 Å². The first-order chi connectivity index (χ1) is 47.0. The molecule has 560 valence electrons. The Kier molecular flexibility index (Phi) is 22.3. The van der Waals surface area contributed by atoms with Gasteiger partial charge >= 0.3 is 23.9 Å². The third kappa shape index (κ3) is 13.7. The van der Waals surface area contributed by atoms with Crippen LogP contribution in [0.5, 0.6) is 0 Å². The first-order valence-corrected chi connectivity index (χ1v) is 35.3. The third-order valence-corrected chi connectivity index (χ3v) is 25.4. The van der Waals surface area contributed by atoms with E-state index in [4.69, 9.17) is 52.1 Å². The van der Waals surface area contributed by atoms with E-state index in [2.05, 4.69) is 46.8 Å². The summed E-state index contributed by atoms with van der Waals surface area (Å²) in [5.41, 5.74) is -3.72. The third-order valence-electron chi connectivity index (χ3n) is 25.4. The maximum atomic E-state index is 16.0. The maximum absolute atomic E-state index is 16.0. The Morgan fingerprint density at radius 3 is 1.99 bits per heavy atom. The molecule has 28 nitrogen and oxygen atoms in total. The predicted molar refractivity (Wildman–Crippen MR) is 344 cm³/mol. The molecule has 6 aliphatic carbocycles. The van der Waals surface area contributed by atoms with E-state index in [1.807, 2.05) is 31.2 Å². The highest BCUT2D eigenvalue weighted by atomic mass is 16.8. The molecule has 0 spiro atoms. The molecule has 4 aliphatic heterocycles. The average molecular weight is 1420 g/mol. The van der Waals surface area contributed by atoms with Gasteiger partial charge in [0.05, 0.1) is 60.7 Å². The second-order valence-corrected chi connectivity index (χ2v) is 32.2. The second-order valence-electron chi connectivity index (χ2n) is 32.2. The zero-order chi connectivity index (χ0) is 72.8. The van der Waals surface area contributed by atoms with Gasteiger partial charge < -0.3 is 118 Å². The number of aliphatic hydroxyl groups excluding tert-OH is 11. The van der Waals surface area contributed by atoms with Gasteiger partial charge in [0.1, 0.15) is 67.3 Å². The van der Waals surface area contributed by atoms with E-state index < -0.39 is 229 Å². The van der Waals surface area contributed by atoms with Crippen molar-refractivity contribution in [3.8, 4) is 0 Å². The van der Waals surface area contributed by atoms with Gasteiger partial charge in [-0.2, -0.15) is 0 Å². The molecule has 0 radical (unpaired) electrons. The van der Waals surface area contributed by atoms with Crippen LogP contribution in [0.2, 0.25) is 0 Å². The smallest absolute Gasteiger partial charge is 0.335 e. The summed E-state index contributed by atoms with van der Waals surface area (Å²) in [4.78, 5) is 70.2. The topological polar surface area (TPSA) is 430 Å². The van der Waals surface area contributed by atoms with Crippen LogP contribution in [0.1, 0.15) is 138 Å². The van der Waals surface area contributed by atoms with Crippen LogP contribution in [0, 0.1) is 69.0 Å². The lowest BCUT2D eigenvalue weighted by Gasteiger charge is -2.72. The van der Waals surface area contributed by atoms with E-state index >= 15 is 4.79 Å². The summed E-state index contributed by atoms with van der Waals surface area (Å²) in [5.74, 6) is -6.48. The Morgan fingerprint density at radius 1 is 0.630 bits per heavy atom. The number of aliphatic carboxylic acids is 1. The minimum Gasteiger partial charge on any atom is -0.479 e. The quantitative estimate of drug-likeness (QED) is 0.0262. The Morgan fingerprint density at radius 2 is 1.32 bits per heavy atom. The monoisotopic (exact) mass is 1420 g/mol. The first-order valence-electron chi connectivity index (χ1n) is 35.3. The van der Waals surface area contributed by atoms with Crippen molar-refractivity contribution in [1.82, 2.24) is 0 Å². The van der Waals surface area contributed by atoms with Gasteiger partial charge in [0.15, 0.2) is 43.3 Å². The van der Waals surface area contributed by atoms with Gasteiger partial charge in [-0.15, -0.1) is 0 Å². The van der Waals surface area contributed by atoms with Crippen LogP contribution in [0.4, 0.5) is 0 Å². The molecule has 4 heterocycles. The van der Waals surface area contributed by atoms with Crippen molar-refractivity contribution in [2.45, 2.75) is 281 Å². The molecule has 12 N–H and O–H groups in total. The summed E-state index contributed by atoms with van der Waals surface area (Å²) < 4.78 is 68.4. The largest absolute Gasteiger partial charge is 0.479 e. The van der Waals surface area contributed by atoms with Crippen LogP contribution < -0.4 is 0 Å². The number of carbonyl (C=O) groups excluding carboxylic acids is 4. The number of fused-ring (bicyclic) bond motifs is 7. The van der Waals surface area contributed by atoms with Gasteiger partial charge in [0, 0.05) is 19.4 Å². The summed E-state index contributed by atoms with van der Waals surface area (Å²) in [7, 11) is 0. The van der Waals surface area contributed by atoms with Crippen LogP contribution in [0.25, 0.3) is 6.08 Å². The van der Waals surface area contributed by atoms with Gasteiger partial charge in [-0.05, 0) is 135 Å². The Labute approximate surface area is 581 Å². The number of hydrogen-bond acceptors (Lipinski definition) is 27. The molecule has 1 aromatic carbocycles. The number of benzene rings is 1. The minimum absolute atomic E-state index is 0.0187. The number of allylic oxidation sites excluding steroid dienone is 2. The SMILES string of the molecule is CC(=O)OC1C(OC(=O)/C=C/c2ccc(C)cc2)C(C)OC(OC(=O)[C@]23CCC(C)(C)C[C@H]2C2C=C[C@@H]4[C@@]5(C)CC[C@H](OC6OC(C(=O)O)C(O)C(OC7OCC(O)C(O)C7O)C6OC6OC(CO)C(O)CC6O)[C@@](C)(C=O)[C@@H]5CC[C@@]4(C)[C@]2(C)C[C@H]3O)C1OC1CC(C)C(O)C(O)C1O. The van der Waals surface area contributed by atoms with E-state index in [0.717, 1.165) is 18.8 Å². The molecule has 34 atom stereocenters. The van der Waals surface area contributed by atoms with Crippen molar-refractivity contribution in [3.63, 3.8) is 0 Å². The number of carbonyl (C=O) groups is 5. The van der Waals surface area contributed by atoms with Gasteiger partial charge in [-0.1, -0.05) is 90.4 Å². The summed E-state index contributed by atoms with van der Waals surface area (Å²) in [5, 5.41) is 133. The lowest BCUT2D eigenvalue weighted by molar-refractivity contribution is -0.386. The molecular formula is C72H104O28. The van der Waals surface area contributed by atoms with Crippen molar-refractivity contribution in [3.05, 3.63) is 53.6 Å². The molecule has 10 aliphatic rings. The van der Waals surface area contributed by atoms with Crippen LogP contribution in [0.3, 0.4) is 0 Å². The molecule has 0 bridgehead atoms. The van der Waals surface area contributed by atoms with Crippen LogP contribution in [0.15, 0.2) is 42.5 Å². The Bertz CT molecular complexity index is 3170. The molecule has 4 saturated heterocycles.